The lowest BCUT2D eigenvalue weighted by atomic mass is 10.2. The van der Waals surface area contributed by atoms with Crippen molar-refractivity contribution in [1.82, 2.24) is 5.32 Å². The van der Waals surface area contributed by atoms with Crippen LogP contribution in [0.25, 0.3) is 0 Å². The van der Waals surface area contributed by atoms with Crippen LogP contribution < -0.4 is 10.1 Å². The van der Waals surface area contributed by atoms with Crippen LogP contribution in [-0.2, 0) is 0 Å². The first-order valence-electron chi connectivity index (χ1n) is 5.98. The zero-order valence-corrected chi connectivity index (χ0v) is 10.6. The molecule has 2 rings (SSSR count). The van der Waals surface area contributed by atoms with E-state index in [2.05, 4.69) is 12.2 Å². The van der Waals surface area contributed by atoms with Crippen molar-refractivity contribution in [3.05, 3.63) is 29.0 Å². The second kappa shape index (κ2) is 5.69. The van der Waals surface area contributed by atoms with Gasteiger partial charge in [0.05, 0.1) is 5.02 Å². The molecule has 0 amide bonds. The minimum atomic E-state index is -0.417. The van der Waals surface area contributed by atoms with Gasteiger partial charge >= 0.3 is 0 Å². The summed E-state index contributed by atoms with van der Waals surface area (Å²) in [6.07, 6.45) is 2.67. The Labute approximate surface area is 106 Å². The lowest BCUT2D eigenvalue weighted by Crippen LogP contribution is -2.31. The van der Waals surface area contributed by atoms with E-state index in [1.807, 2.05) is 0 Å². The Morgan fingerprint density at radius 1 is 1.53 bits per heavy atom. The average molecular weight is 258 g/mol. The maximum atomic E-state index is 12.9. The first-order chi connectivity index (χ1) is 8.16. The van der Waals surface area contributed by atoms with Crippen LogP contribution in [0.4, 0.5) is 4.39 Å². The molecule has 1 saturated carbocycles. The van der Waals surface area contributed by atoms with Crippen LogP contribution in [0.2, 0.25) is 5.02 Å². The molecule has 2 nitrogen and oxygen atoms in total. The van der Waals surface area contributed by atoms with Gasteiger partial charge in [0.1, 0.15) is 18.2 Å². The molecule has 1 unspecified atom stereocenters. The van der Waals surface area contributed by atoms with E-state index in [0.717, 1.165) is 12.5 Å². The van der Waals surface area contributed by atoms with E-state index >= 15 is 0 Å². The molecule has 1 fully saturated rings. The molecule has 1 aliphatic carbocycles. The van der Waals surface area contributed by atoms with Crippen LogP contribution in [0.15, 0.2) is 18.2 Å². The van der Waals surface area contributed by atoms with Gasteiger partial charge in [0, 0.05) is 18.7 Å². The number of halogens is 2. The van der Waals surface area contributed by atoms with Gasteiger partial charge < -0.3 is 10.1 Å². The van der Waals surface area contributed by atoms with Crippen molar-refractivity contribution < 1.29 is 9.13 Å². The molecule has 0 aromatic heterocycles. The Balaban J connectivity index is 1.68. The van der Waals surface area contributed by atoms with Crippen LogP contribution in [-0.4, -0.2) is 19.2 Å². The fourth-order valence-electron chi connectivity index (χ4n) is 1.79. The predicted octanol–water partition coefficient (Wildman–Crippen LogP) is 3.25. The third-order valence-corrected chi connectivity index (χ3v) is 3.35. The van der Waals surface area contributed by atoms with Crippen molar-refractivity contribution in [3.8, 4) is 5.75 Å². The summed E-state index contributed by atoms with van der Waals surface area (Å²) in [5.41, 5.74) is 0. The Hall–Kier alpha value is -0.800. The molecule has 0 bridgehead atoms. The highest BCUT2D eigenvalue weighted by Crippen LogP contribution is 2.32. The van der Waals surface area contributed by atoms with Crippen LogP contribution in [0.1, 0.15) is 19.8 Å². The van der Waals surface area contributed by atoms with Crippen molar-refractivity contribution in [3.63, 3.8) is 0 Å². The van der Waals surface area contributed by atoms with Crippen molar-refractivity contribution in [2.45, 2.75) is 25.8 Å². The Morgan fingerprint density at radius 3 is 2.94 bits per heavy atom. The van der Waals surface area contributed by atoms with Gasteiger partial charge in [-0.3, -0.25) is 0 Å². The molecule has 1 aliphatic rings. The highest BCUT2D eigenvalue weighted by Gasteiger charge is 2.27. The van der Waals surface area contributed by atoms with Gasteiger partial charge in [0.25, 0.3) is 0 Å². The average Bonchev–Trinajstić information content (AvgIpc) is 3.13. The van der Waals surface area contributed by atoms with Crippen molar-refractivity contribution in [2.24, 2.45) is 5.92 Å². The summed E-state index contributed by atoms with van der Waals surface area (Å²) in [6.45, 7) is 3.57. The maximum absolute atomic E-state index is 12.9. The number of rotatable bonds is 6. The van der Waals surface area contributed by atoms with Crippen LogP contribution in [0, 0.1) is 11.7 Å². The van der Waals surface area contributed by atoms with Gasteiger partial charge in [-0.25, -0.2) is 4.39 Å². The van der Waals surface area contributed by atoms with Gasteiger partial charge in [0.15, 0.2) is 0 Å². The van der Waals surface area contributed by atoms with E-state index in [9.17, 15) is 4.39 Å². The Morgan fingerprint density at radius 2 is 2.29 bits per heavy atom. The molecular weight excluding hydrogens is 241 g/mol. The number of hydrogen-bond acceptors (Lipinski definition) is 2. The second-order valence-electron chi connectivity index (χ2n) is 4.50. The lowest BCUT2D eigenvalue weighted by molar-refractivity contribution is 0.303. The zero-order valence-electron chi connectivity index (χ0n) is 9.88. The van der Waals surface area contributed by atoms with Crippen molar-refractivity contribution >= 4 is 11.6 Å². The molecule has 1 aromatic rings. The fourth-order valence-corrected chi connectivity index (χ4v) is 1.96. The smallest absolute Gasteiger partial charge is 0.142 e. The topological polar surface area (TPSA) is 21.3 Å². The van der Waals surface area contributed by atoms with E-state index in [1.165, 1.54) is 25.0 Å². The SMILES string of the molecule is CC(NCCOc1ccc(F)c(Cl)c1)C1CC1. The van der Waals surface area contributed by atoms with Crippen molar-refractivity contribution in [1.29, 1.82) is 0 Å². The molecule has 1 N–H and O–H groups in total. The maximum Gasteiger partial charge on any atom is 0.142 e. The molecule has 4 heteroatoms. The van der Waals surface area contributed by atoms with E-state index in [0.29, 0.717) is 18.4 Å². The van der Waals surface area contributed by atoms with Gasteiger partial charge in [-0.2, -0.15) is 0 Å². The minimum absolute atomic E-state index is 0.0989. The molecule has 0 spiro atoms. The largest absolute Gasteiger partial charge is 0.492 e. The van der Waals surface area contributed by atoms with Gasteiger partial charge in [-0.1, -0.05) is 11.6 Å². The summed E-state index contributed by atoms with van der Waals surface area (Å²) in [5.74, 6) is 1.03. The predicted molar refractivity (Wildman–Crippen MR) is 67.1 cm³/mol. The first-order valence-corrected chi connectivity index (χ1v) is 6.36. The highest BCUT2D eigenvalue weighted by molar-refractivity contribution is 6.30. The molecule has 94 valence electrons. The number of ether oxygens (including phenoxy) is 1. The summed E-state index contributed by atoms with van der Waals surface area (Å²) in [4.78, 5) is 0. The number of hydrogen-bond donors (Lipinski definition) is 1. The molecule has 1 aromatic carbocycles. The van der Waals surface area contributed by atoms with E-state index in [1.54, 1.807) is 6.07 Å². The molecule has 0 saturated heterocycles. The lowest BCUT2D eigenvalue weighted by Gasteiger charge is -2.13. The summed E-state index contributed by atoms with van der Waals surface area (Å²) >= 11 is 5.66. The van der Waals surface area contributed by atoms with Crippen LogP contribution in [0.5, 0.6) is 5.75 Å². The number of nitrogens with one attached hydrogen (secondary N) is 1. The summed E-state index contributed by atoms with van der Waals surface area (Å²) < 4.78 is 18.4. The third kappa shape index (κ3) is 3.86. The Bertz CT molecular complexity index is 382. The van der Waals surface area contributed by atoms with E-state index in [-0.39, 0.29) is 5.02 Å². The molecule has 0 heterocycles. The standard InChI is InChI=1S/C13H17ClFNO/c1-9(10-2-3-10)16-6-7-17-11-4-5-13(15)12(14)8-11/h4-5,8-10,16H,2-3,6-7H2,1H3. The molecule has 0 radical (unpaired) electrons. The summed E-state index contributed by atoms with van der Waals surface area (Å²) in [6, 6.07) is 4.97. The van der Waals surface area contributed by atoms with Gasteiger partial charge in [0.2, 0.25) is 0 Å². The van der Waals surface area contributed by atoms with E-state index in [4.69, 9.17) is 16.3 Å². The zero-order chi connectivity index (χ0) is 12.3. The third-order valence-electron chi connectivity index (χ3n) is 3.06. The molecular formula is C13H17ClFNO. The fraction of sp³-hybridized carbons (Fsp3) is 0.538. The van der Waals surface area contributed by atoms with Crippen molar-refractivity contribution in [2.75, 3.05) is 13.2 Å². The van der Waals surface area contributed by atoms with Gasteiger partial charge in [-0.15, -0.1) is 0 Å². The molecule has 17 heavy (non-hydrogen) atoms. The van der Waals surface area contributed by atoms with Crippen LogP contribution >= 0.6 is 11.6 Å². The minimum Gasteiger partial charge on any atom is -0.492 e. The summed E-state index contributed by atoms with van der Waals surface area (Å²) in [5, 5.41) is 3.51. The quantitative estimate of drug-likeness (QED) is 0.790. The normalized spacial score (nSPS) is 16.9. The second-order valence-corrected chi connectivity index (χ2v) is 4.91. The molecule has 1 atom stereocenters. The number of benzene rings is 1. The van der Waals surface area contributed by atoms with Gasteiger partial charge in [-0.05, 0) is 37.8 Å². The van der Waals surface area contributed by atoms with Crippen LogP contribution in [0.3, 0.4) is 0 Å². The first kappa shape index (κ1) is 12.7. The summed E-state index contributed by atoms with van der Waals surface area (Å²) in [7, 11) is 0. The highest BCUT2D eigenvalue weighted by atomic mass is 35.5. The van der Waals surface area contributed by atoms with E-state index < -0.39 is 5.82 Å². The monoisotopic (exact) mass is 257 g/mol. The Kier molecular flexibility index (Phi) is 4.24. The molecule has 0 aliphatic heterocycles.